The first-order valence-corrected chi connectivity index (χ1v) is 18.1. The van der Waals surface area contributed by atoms with Crippen molar-refractivity contribution in [2.45, 2.75) is 94.3 Å². The molecular weight excluding hydrogens is 670 g/mol. The van der Waals surface area contributed by atoms with Gasteiger partial charge in [-0.1, -0.05) is 41.3 Å². The predicted octanol–water partition coefficient (Wildman–Crippen LogP) is 7.27. The van der Waals surface area contributed by atoms with Crippen molar-refractivity contribution < 1.29 is 31.7 Å². The second kappa shape index (κ2) is 12.0. The number of piperidine rings is 1. The SMILES string of the molecule is C[C@@H]1CC2C[C@H](OCc3c(-c4c(Cl)cccc4Cl)noc3C3CC3)CC1N2C(=O)Nc1cc(C(=O)NS(=O)(=O)C2(C)CC2)ccc1F. The summed E-state index contributed by atoms with van der Waals surface area (Å²) in [7, 11) is -3.88. The third kappa shape index (κ3) is 6.13. The van der Waals surface area contributed by atoms with E-state index in [2.05, 4.69) is 22.1 Å². The Morgan fingerprint density at radius 2 is 1.85 bits per heavy atom. The second-order valence-corrected chi connectivity index (χ2v) is 16.5. The summed E-state index contributed by atoms with van der Waals surface area (Å²) in [4.78, 5) is 28.1. The van der Waals surface area contributed by atoms with E-state index in [4.69, 9.17) is 32.5 Å². The molecule has 4 aliphatic rings. The lowest BCUT2D eigenvalue weighted by molar-refractivity contribution is -0.0181. The maximum Gasteiger partial charge on any atom is 0.322 e. The van der Waals surface area contributed by atoms with E-state index in [1.54, 1.807) is 30.0 Å². The zero-order valence-electron chi connectivity index (χ0n) is 25.9. The molecule has 2 aliphatic carbocycles. The van der Waals surface area contributed by atoms with Crippen molar-refractivity contribution in [1.82, 2.24) is 14.8 Å². The van der Waals surface area contributed by atoms with Gasteiger partial charge in [-0.05, 0) is 88.1 Å². The van der Waals surface area contributed by atoms with Gasteiger partial charge in [0.05, 0.1) is 33.2 Å². The average molecular weight is 706 g/mol. The van der Waals surface area contributed by atoms with Gasteiger partial charge in [0.1, 0.15) is 17.3 Å². The number of nitrogens with zero attached hydrogens (tertiary/aromatic N) is 2. The molecule has 3 aromatic rings. The van der Waals surface area contributed by atoms with Crippen LogP contribution in [-0.4, -0.2) is 53.3 Å². The van der Waals surface area contributed by atoms with Gasteiger partial charge in [0, 0.05) is 34.7 Å². The van der Waals surface area contributed by atoms with E-state index in [-0.39, 0.29) is 47.9 Å². The van der Waals surface area contributed by atoms with Crippen LogP contribution in [0, 0.1) is 11.7 Å². The molecule has 2 N–H and O–H groups in total. The van der Waals surface area contributed by atoms with E-state index in [1.807, 2.05) is 0 Å². The fraction of sp³-hybridized carbons (Fsp3) is 0.485. The van der Waals surface area contributed by atoms with Crippen molar-refractivity contribution in [2.75, 3.05) is 5.32 Å². The third-order valence-electron chi connectivity index (χ3n) is 10.1. The highest BCUT2D eigenvalue weighted by atomic mass is 35.5. The molecule has 2 saturated heterocycles. The van der Waals surface area contributed by atoms with Crippen molar-refractivity contribution in [1.29, 1.82) is 0 Å². The number of aromatic nitrogens is 1. The van der Waals surface area contributed by atoms with Crippen LogP contribution in [0.5, 0.6) is 0 Å². The molecule has 1 aromatic heterocycles. The molecule has 0 spiro atoms. The van der Waals surface area contributed by atoms with Crippen molar-refractivity contribution >= 4 is 50.9 Å². The molecule has 4 atom stereocenters. The summed E-state index contributed by atoms with van der Waals surface area (Å²) in [5, 5.41) is 7.92. The number of urea groups is 1. The van der Waals surface area contributed by atoms with E-state index in [0.29, 0.717) is 47.0 Å². The standard InChI is InChI=1S/C33H35Cl2FN4O6S/c1-17-12-20-14-21(45-16-22-29(38-46-30(22)18-6-7-18)28-23(34)4-3-5-24(28)35)15-27(17)40(20)32(42)37-26-13-19(8-9-25(26)36)31(41)39-47(43,44)33(2)10-11-33/h3-5,8-9,13,17-18,20-21,27H,6-7,10-12,14-16H2,1-2H3,(H,37,42)(H,39,41)/t17-,20?,21+,27?/m1/s1. The van der Waals surface area contributed by atoms with Gasteiger partial charge in [-0.25, -0.2) is 22.3 Å². The minimum Gasteiger partial charge on any atom is -0.373 e. The monoisotopic (exact) mass is 704 g/mol. The van der Waals surface area contributed by atoms with Crippen LogP contribution < -0.4 is 10.0 Å². The van der Waals surface area contributed by atoms with Crippen molar-refractivity contribution in [3.63, 3.8) is 0 Å². The lowest BCUT2D eigenvalue weighted by Gasteiger charge is -2.39. The number of nitrogens with one attached hydrogen (secondary N) is 2. The quantitative estimate of drug-likeness (QED) is 0.240. The minimum absolute atomic E-state index is 0.0743. The highest BCUT2D eigenvalue weighted by Crippen LogP contribution is 2.47. The number of fused-ring (bicyclic) bond motifs is 2. The van der Waals surface area contributed by atoms with E-state index in [1.165, 1.54) is 6.07 Å². The van der Waals surface area contributed by atoms with Crippen LogP contribution in [-0.2, 0) is 21.4 Å². The molecule has 2 saturated carbocycles. The second-order valence-electron chi connectivity index (χ2n) is 13.5. The Labute approximate surface area is 282 Å². The first kappa shape index (κ1) is 32.4. The number of benzene rings is 2. The van der Waals surface area contributed by atoms with Gasteiger partial charge in [-0.3, -0.25) is 4.79 Å². The molecule has 2 unspecified atom stereocenters. The first-order chi connectivity index (χ1) is 22.3. The molecule has 3 heterocycles. The number of hydrogen-bond donors (Lipinski definition) is 2. The van der Waals surface area contributed by atoms with Crippen LogP contribution in [0.3, 0.4) is 0 Å². The average Bonchev–Trinajstić information content (AvgIpc) is 3.94. The maximum atomic E-state index is 14.8. The lowest BCUT2D eigenvalue weighted by Crippen LogP contribution is -2.51. The molecule has 47 heavy (non-hydrogen) atoms. The van der Waals surface area contributed by atoms with Crippen molar-refractivity contribution in [2.24, 2.45) is 5.92 Å². The van der Waals surface area contributed by atoms with Crippen LogP contribution in [0.1, 0.15) is 86.4 Å². The summed E-state index contributed by atoms with van der Waals surface area (Å²) in [5.41, 5.74) is 1.75. The molecule has 3 amide bonds. The van der Waals surface area contributed by atoms with E-state index < -0.39 is 32.5 Å². The summed E-state index contributed by atoms with van der Waals surface area (Å²) < 4.78 is 53.3. The van der Waals surface area contributed by atoms with Crippen LogP contribution in [0.15, 0.2) is 40.9 Å². The van der Waals surface area contributed by atoms with Crippen LogP contribution in [0.4, 0.5) is 14.9 Å². The fourth-order valence-corrected chi connectivity index (χ4v) is 8.69. The number of anilines is 1. The van der Waals surface area contributed by atoms with Gasteiger partial charge >= 0.3 is 6.03 Å². The molecule has 10 nitrogen and oxygen atoms in total. The number of hydrogen-bond acceptors (Lipinski definition) is 7. The number of carbonyl (C=O) groups excluding carboxylic acids is 2. The summed E-state index contributed by atoms with van der Waals surface area (Å²) in [6, 6.07) is 7.91. The Bertz CT molecular complexity index is 1840. The maximum absolute atomic E-state index is 14.8. The summed E-state index contributed by atoms with van der Waals surface area (Å²) in [6.45, 7) is 3.91. The van der Waals surface area contributed by atoms with Gasteiger partial charge in [-0.2, -0.15) is 0 Å². The summed E-state index contributed by atoms with van der Waals surface area (Å²) in [5.74, 6) is -0.349. The molecule has 2 bridgehead atoms. The Balaban J connectivity index is 1.03. The number of amides is 3. The molecular formula is C33H35Cl2FN4O6S. The Hall–Kier alpha value is -3.19. The van der Waals surface area contributed by atoms with Crippen LogP contribution >= 0.6 is 23.2 Å². The van der Waals surface area contributed by atoms with Crippen LogP contribution in [0.25, 0.3) is 11.3 Å². The third-order valence-corrected chi connectivity index (χ3v) is 12.8. The number of ether oxygens (including phenoxy) is 1. The Kier molecular flexibility index (Phi) is 8.30. The Morgan fingerprint density at radius 1 is 1.13 bits per heavy atom. The molecule has 14 heteroatoms. The molecule has 0 radical (unpaired) electrons. The molecule has 250 valence electrons. The van der Waals surface area contributed by atoms with Crippen LogP contribution in [0.2, 0.25) is 10.0 Å². The molecule has 2 aliphatic heterocycles. The highest BCUT2D eigenvalue weighted by molar-refractivity contribution is 7.91. The van der Waals surface area contributed by atoms with Gasteiger partial charge in [0.25, 0.3) is 5.91 Å². The first-order valence-electron chi connectivity index (χ1n) is 15.8. The lowest BCUT2D eigenvalue weighted by atomic mass is 9.97. The molecule has 7 rings (SSSR count). The molecule has 4 fully saturated rings. The number of rotatable bonds is 9. The number of sulfonamides is 1. The fourth-order valence-electron chi connectivity index (χ4n) is 6.86. The Morgan fingerprint density at radius 3 is 2.51 bits per heavy atom. The van der Waals surface area contributed by atoms with Gasteiger partial charge in [0.2, 0.25) is 10.0 Å². The largest absolute Gasteiger partial charge is 0.373 e. The van der Waals surface area contributed by atoms with Gasteiger partial charge in [0.15, 0.2) is 0 Å². The topological polar surface area (TPSA) is 131 Å². The van der Waals surface area contributed by atoms with E-state index in [9.17, 15) is 22.4 Å². The van der Waals surface area contributed by atoms with Crippen molar-refractivity contribution in [3.05, 3.63) is 69.1 Å². The minimum atomic E-state index is -3.88. The summed E-state index contributed by atoms with van der Waals surface area (Å²) >= 11 is 13.0. The number of carbonyl (C=O) groups is 2. The van der Waals surface area contributed by atoms with Gasteiger partial charge < -0.3 is 19.5 Å². The van der Waals surface area contributed by atoms with E-state index in [0.717, 1.165) is 42.7 Å². The van der Waals surface area contributed by atoms with Crippen molar-refractivity contribution in [3.8, 4) is 11.3 Å². The zero-order chi connectivity index (χ0) is 33.2. The van der Waals surface area contributed by atoms with Gasteiger partial charge in [-0.15, -0.1) is 0 Å². The summed E-state index contributed by atoms with van der Waals surface area (Å²) in [6.07, 6.45) is 4.74. The van der Waals surface area contributed by atoms with E-state index >= 15 is 0 Å². The smallest absolute Gasteiger partial charge is 0.322 e. The number of halogens is 3. The highest BCUT2D eigenvalue weighted by Gasteiger charge is 2.51. The zero-order valence-corrected chi connectivity index (χ0v) is 28.2. The normalized spacial score (nSPS) is 24.7. The predicted molar refractivity (Wildman–Crippen MR) is 174 cm³/mol. The molecule has 2 aromatic carbocycles.